The second-order valence-electron chi connectivity index (χ2n) is 8.28. The molecule has 2 saturated heterocycles. The van der Waals surface area contributed by atoms with Crippen molar-refractivity contribution >= 4 is 17.7 Å². The van der Waals surface area contributed by atoms with Gasteiger partial charge in [0.15, 0.2) is 11.5 Å². The number of allylic oxidation sites excluding steroid dienone is 2. The molecule has 0 spiro atoms. The summed E-state index contributed by atoms with van der Waals surface area (Å²) < 4.78 is 11.4. The molecule has 1 aliphatic carbocycles. The minimum atomic E-state index is 0.136. The fourth-order valence-corrected chi connectivity index (χ4v) is 5.17. The van der Waals surface area contributed by atoms with Crippen molar-refractivity contribution in [1.82, 2.24) is 10.2 Å². The Bertz CT molecular complexity index is 759. The van der Waals surface area contributed by atoms with Crippen molar-refractivity contribution in [1.29, 1.82) is 0 Å². The van der Waals surface area contributed by atoms with Gasteiger partial charge in [0.05, 0.1) is 5.75 Å². The van der Waals surface area contributed by atoms with Gasteiger partial charge in [-0.2, -0.15) is 0 Å². The predicted octanol–water partition coefficient (Wildman–Crippen LogP) is 3.73. The SMILES string of the molecule is O=C(CSCc1ccccc1)N[C@@H](CC1C=C2OCCOC2=CC1)CN1CCCC1. The first kappa shape index (κ1) is 21.3. The second-order valence-corrected chi connectivity index (χ2v) is 9.26. The molecule has 0 radical (unpaired) electrons. The van der Waals surface area contributed by atoms with Crippen molar-refractivity contribution in [2.45, 2.75) is 37.5 Å². The maximum Gasteiger partial charge on any atom is 0.230 e. The molecule has 3 aliphatic rings. The van der Waals surface area contributed by atoms with E-state index in [1.807, 2.05) is 18.2 Å². The lowest BCUT2D eigenvalue weighted by atomic mass is 9.91. The van der Waals surface area contributed by atoms with Crippen molar-refractivity contribution in [2.75, 3.05) is 38.6 Å². The highest BCUT2D eigenvalue weighted by Crippen LogP contribution is 2.30. The highest BCUT2D eigenvalue weighted by molar-refractivity contribution is 7.99. The summed E-state index contributed by atoms with van der Waals surface area (Å²) in [6.45, 7) is 4.46. The van der Waals surface area contributed by atoms with E-state index in [-0.39, 0.29) is 11.9 Å². The Labute approximate surface area is 183 Å². The van der Waals surface area contributed by atoms with E-state index in [0.29, 0.717) is 24.9 Å². The van der Waals surface area contributed by atoms with E-state index in [2.05, 4.69) is 34.5 Å². The Morgan fingerprint density at radius 3 is 2.70 bits per heavy atom. The van der Waals surface area contributed by atoms with Gasteiger partial charge in [-0.25, -0.2) is 0 Å². The highest BCUT2D eigenvalue weighted by Gasteiger charge is 2.26. The van der Waals surface area contributed by atoms with Gasteiger partial charge in [-0.05, 0) is 62.4 Å². The minimum absolute atomic E-state index is 0.136. The smallest absolute Gasteiger partial charge is 0.230 e. The van der Waals surface area contributed by atoms with Crippen molar-refractivity contribution < 1.29 is 14.3 Å². The number of nitrogens with zero attached hydrogens (tertiary/aromatic N) is 1. The zero-order valence-corrected chi connectivity index (χ0v) is 18.4. The maximum atomic E-state index is 12.7. The molecule has 4 rings (SSSR count). The molecule has 30 heavy (non-hydrogen) atoms. The number of hydrogen-bond acceptors (Lipinski definition) is 5. The Balaban J connectivity index is 1.29. The van der Waals surface area contributed by atoms with Crippen LogP contribution in [0.4, 0.5) is 0 Å². The largest absolute Gasteiger partial charge is 0.486 e. The average molecular weight is 429 g/mol. The summed E-state index contributed by atoms with van der Waals surface area (Å²) in [7, 11) is 0. The van der Waals surface area contributed by atoms with E-state index in [0.717, 1.165) is 49.7 Å². The normalized spacial score (nSPS) is 22.2. The van der Waals surface area contributed by atoms with Crippen LogP contribution in [0.1, 0.15) is 31.2 Å². The Morgan fingerprint density at radius 1 is 1.13 bits per heavy atom. The third-order valence-corrected chi connectivity index (χ3v) is 6.81. The molecule has 1 aromatic rings. The number of likely N-dealkylation sites (tertiary alicyclic amines) is 1. The number of ether oxygens (including phenoxy) is 2. The molecule has 0 bridgehead atoms. The van der Waals surface area contributed by atoms with E-state index < -0.39 is 0 Å². The molecule has 0 aromatic heterocycles. The molecule has 2 aliphatic heterocycles. The van der Waals surface area contributed by atoms with Crippen LogP contribution in [-0.4, -0.2) is 55.4 Å². The van der Waals surface area contributed by atoms with E-state index in [1.54, 1.807) is 11.8 Å². The first-order valence-corrected chi connectivity index (χ1v) is 12.2. The van der Waals surface area contributed by atoms with Crippen LogP contribution in [0.25, 0.3) is 0 Å². The van der Waals surface area contributed by atoms with Crippen molar-refractivity contribution in [3.05, 3.63) is 59.6 Å². The standard InChI is InChI=1S/C24H32N2O3S/c27-24(18-30-17-19-6-2-1-3-7-19)25-21(16-26-10-4-5-11-26)14-20-8-9-22-23(15-20)29-13-12-28-22/h1-3,6-7,9,15,20-21H,4-5,8,10-14,16-18H2,(H,25,27)/t20?,21-/m0/s1. The summed E-state index contributed by atoms with van der Waals surface area (Å²) in [6.07, 6.45) is 8.74. The number of benzene rings is 1. The van der Waals surface area contributed by atoms with E-state index >= 15 is 0 Å². The van der Waals surface area contributed by atoms with Gasteiger partial charge >= 0.3 is 0 Å². The first-order chi connectivity index (χ1) is 14.8. The van der Waals surface area contributed by atoms with Gasteiger partial charge < -0.3 is 19.7 Å². The second kappa shape index (κ2) is 10.9. The Hall–Kier alpha value is -1.92. The quantitative estimate of drug-likeness (QED) is 0.650. The van der Waals surface area contributed by atoms with Crippen LogP contribution in [0.3, 0.4) is 0 Å². The Morgan fingerprint density at radius 2 is 1.90 bits per heavy atom. The van der Waals surface area contributed by atoms with Crippen molar-refractivity contribution in [3.63, 3.8) is 0 Å². The highest BCUT2D eigenvalue weighted by atomic mass is 32.2. The third-order valence-electron chi connectivity index (χ3n) is 5.81. The van der Waals surface area contributed by atoms with Crippen LogP contribution < -0.4 is 5.32 Å². The topological polar surface area (TPSA) is 50.8 Å². The molecule has 0 saturated carbocycles. The molecular weight excluding hydrogens is 396 g/mol. The van der Waals surface area contributed by atoms with Gasteiger partial charge in [0.1, 0.15) is 13.2 Å². The number of nitrogens with one attached hydrogen (secondary N) is 1. The van der Waals surface area contributed by atoms with E-state index in [1.165, 1.54) is 18.4 Å². The number of hydrogen-bond donors (Lipinski definition) is 1. The number of rotatable bonds is 9. The van der Waals surface area contributed by atoms with Gasteiger partial charge in [-0.1, -0.05) is 30.3 Å². The zero-order valence-electron chi connectivity index (χ0n) is 17.6. The van der Waals surface area contributed by atoms with Crippen LogP contribution in [0.5, 0.6) is 0 Å². The fourth-order valence-electron chi connectivity index (χ4n) is 4.37. The molecule has 1 unspecified atom stereocenters. The molecule has 1 amide bonds. The lowest BCUT2D eigenvalue weighted by molar-refractivity contribution is -0.119. The summed E-state index contributed by atoms with van der Waals surface area (Å²) in [5, 5.41) is 3.33. The summed E-state index contributed by atoms with van der Waals surface area (Å²) >= 11 is 1.68. The third kappa shape index (κ3) is 6.29. The van der Waals surface area contributed by atoms with Crippen LogP contribution in [0.2, 0.25) is 0 Å². The fraction of sp³-hybridized carbons (Fsp3) is 0.542. The van der Waals surface area contributed by atoms with E-state index in [4.69, 9.17) is 9.47 Å². The molecule has 162 valence electrons. The number of thioether (sulfide) groups is 1. The zero-order chi connectivity index (χ0) is 20.6. The first-order valence-electron chi connectivity index (χ1n) is 11.1. The van der Waals surface area contributed by atoms with Gasteiger partial charge in [0, 0.05) is 18.3 Å². The minimum Gasteiger partial charge on any atom is -0.486 e. The van der Waals surface area contributed by atoms with Crippen LogP contribution in [-0.2, 0) is 20.0 Å². The van der Waals surface area contributed by atoms with Crippen molar-refractivity contribution in [2.24, 2.45) is 5.92 Å². The lowest BCUT2D eigenvalue weighted by Gasteiger charge is -2.30. The predicted molar refractivity (Wildman–Crippen MR) is 121 cm³/mol. The molecule has 1 N–H and O–H groups in total. The number of fused-ring (bicyclic) bond motifs is 1. The van der Waals surface area contributed by atoms with E-state index in [9.17, 15) is 4.79 Å². The van der Waals surface area contributed by atoms with Gasteiger partial charge in [0.2, 0.25) is 5.91 Å². The summed E-state index contributed by atoms with van der Waals surface area (Å²) in [4.78, 5) is 15.2. The molecule has 5 nitrogen and oxygen atoms in total. The molecular formula is C24H32N2O3S. The number of amides is 1. The average Bonchev–Trinajstić information content (AvgIpc) is 3.27. The molecule has 2 atom stereocenters. The van der Waals surface area contributed by atoms with Crippen LogP contribution in [0, 0.1) is 5.92 Å². The monoisotopic (exact) mass is 428 g/mol. The van der Waals surface area contributed by atoms with Gasteiger partial charge in [-0.15, -0.1) is 11.8 Å². The molecule has 6 heteroatoms. The number of carbonyl (C=O) groups excluding carboxylic acids is 1. The van der Waals surface area contributed by atoms with Crippen molar-refractivity contribution in [3.8, 4) is 0 Å². The summed E-state index contributed by atoms with van der Waals surface area (Å²) in [5.41, 5.74) is 1.26. The van der Waals surface area contributed by atoms with Crippen LogP contribution >= 0.6 is 11.8 Å². The van der Waals surface area contributed by atoms with Gasteiger partial charge in [0.25, 0.3) is 0 Å². The maximum absolute atomic E-state index is 12.7. The summed E-state index contributed by atoms with van der Waals surface area (Å²) in [6, 6.07) is 10.5. The summed E-state index contributed by atoms with van der Waals surface area (Å²) in [5.74, 6) is 3.63. The van der Waals surface area contributed by atoms with Gasteiger partial charge in [-0.3, -0.25) is 4.79 Å². The molecule has 2 fully saturated rings. The Kier molecular flexibility index (Phi) is 7.76. The van der Waals surface area contributed by atoms with Crippen LogP contribution in [0.15, 0.2) is 54.0 Å². The lowest BCUT2D eigenvalue weighted by Crippen LogP contribution is -2.44. The molecule has 1 aromatic carbocycles. The molecule has 2 heterocycles. The number of carbonyl (C=O) groups is 1.